The second-order valence-corrected chi connectivity index (χ2v) is 5.16. The average Bonchev–Trinajstić information content (AvgIpc) is 2.62. The van der Waals surface area contributed by atoms with Gasteiger partial charge in [0.25, 0.3) is 0 Å². The smallest absolute Gasteiger partial charge is 0.319 e. The third kappa shape index (κ3) is 6.78. The first kappa shape index (κ1) is 18.1. The van der Waals surface area contributed by atoms with Gasteiger partial charge in [-0.15, -0.1) is 6.58 Å². The van der Waals surface area contributed by atoms with Gasteiger partial charge in [0.2, 0.25) is 5.91 Å². The van der Waals surface area contributed by atoms with Gasteiger partial charge in [-0.25, -0.2) is 4.79 Å². The molecule has 3 amide bonds. The lowest BCUT2D eigenvalue weighted by Crippen LogP contribution is -2.28. The van der Waals surface area contributed by atoms with E-state index in [4.69, 9.17) is 4.74 Å². The molecule has 0 aliphatic heterocycles. The van der Waals surface area contributed by atoms with Gasteiger partial charge < -0.3 is 20.7 Å². The van der Waals surface area contributed by atoms with E-state index < -0.39 is 0 Å². The van der Waals surface area contributed by atoms with E-state index in [1.165, 1.54) is 0 Å². The normalized spacial score (nSPS) is 9.76. The molecule has 0 saturated heterocycles. The van der Waals surface area contributed by atoms with E-state index in [-0.39, 0.29) is 18.4 Å². The summed E-state index contributed by atoms with van der Waals surface area (Å²) in [6.07, 6.45) is 1.85. The summed E-state index contributed by atoms with van der Waals surface area (Å²) in [6.45, 7) is 4.22. The molecule has 2 aromatic carbocycles. The van der Waals surface area contributed by atoms with E-state index in [0.29, 0.717) is 24.5 Å². The van der Waals surface area contributed by atoms with Gasteiger partial charge >= 0.3 is 6.03 Å². The third-order valence-corrected chi connectivity index (χ3v) is 3.17. The quantitative estimate of drug-likeness (QED) is 0.645. The minimum absolute atomic E-state index is 0.139. The number of nitrogens with one attached hydrogen (secondary N) is 3. The molecule has 0 radical (unpaired) electrons. The fourth-order valence-electron chi connectivity index (χ4n) is 1.98. The number of ether oxygens (including phenoxy) is 1. The second-order valence-electron chi connectivity index (χ2n) is 5.16. The predicted molar refractivity (Wildman–Crippen MR) is 98.8 cm³/mol. The molecule has 0 saturated carbocycles. The molecule has 0 spiro atoms. The summed E-state index contributed by atoms with van der Waals surface area (Å²) in [4.78, 5) is 23.4. The second kappa shape index (κ2) is 9.77. The highest BCUT2D eigenvalue weighted by atomic mass is 16.5. The summed E-state index contributed by atoms with van der Waals surface area (Å²) >= 11 is 0. The molecule has 6 heteroatoms. The Labute approximate surface area is 146 Å². The lowest BCUT2D eigenvalue weighted by atomic mass is 10.2. The molecular formula is C19H21N3O3. The van der Waals surface area contributed by atoms with E-state index in [1.54, 1.807) is 30.3 Å². The van der Waals surface area contributed by atoms with Crippen LogP contribution < -0.4 is 20.7 Å². The van der Waals surface area contributed by atoms with Crippen LogP contribution >= 0.6 is 0 Å². The monoisotopic (exact) mass is 339 g/mol. The summed E-state index contributed by atoms with van der Waals surface area (Å²) in [5.41, 5.74) is 1.29. The summed E-state index contributed by atoms with van der Waals surface area (Å²) in [5.74, 6) is 0.598. The molecule has 0 atom stereocenters. The Morgan fingerprint density at radius 1 is 0.960 bits per heavy atom. The maximum Gasteiger partial charge on any atom is 0.319 e. The number of hydrogen-bond acceptors (Lipinski definition) is 3. The van der Waals surface area contributed by atoms with Crippen LogP contribution in [0.5, 0.6) is 5.75 Å². The molecule has 0 aromatic heterocycles. The molecule has 2 rings (SSSR count). The van der Waals surface area contributed by atoms with Crippen LogP contribution in [0, 0.1) is 0 Å². The van der Waals surface area contributed by atoms with Crippen LogP contribution in [-0.4, -0.2) is 25.1 Å². The Hall–Kier alpha value is -3.28. The average molecular weight is 339 g/mol. The molecule has 6 nitrogen and oxygen atoms in total. The number of carbonyl (C=O) groups is 2. The van der Waals surface area contributed by atoms with E-state index in [1.807, 2.05) is 30.3 Å². The topological polar surface area (TPSA) is 79.5 Å². The Morgan fingerprint density at radius 2 is 1.60 bits per heavy atom. The van der Waals surface area contributed by atoms with Crippen molar-refractivity contribution in [2.24, 2.45) is 0 Å². The Balaban J connectivity index is 1.73. The van der Waals surface area contributed by atoms with Gasteiger partial charge in [0.15, 0.2) is 0 Å². The third-order valence-electron chi connectivity index (χ3n) is 3.17. The Kier molecular flexibility index (Phi) is 7.06. The highest BCUT2D eigenvalue weighted by Gasteiger charge is 2.04. The van der Waals surface area contributed by atoms with Crippen molar-refractivity contribution in [1.82, 2.24) is 5.32 Å². The van der Waals surface area contributed by atoms with Gasteiger partial charge in [0.05, 0.1) is 13.0 Å². The first-order valence-electron chi connectivity index (χ1n) is 7.91. The standard InChI is InChI=1S/C19H21N3O3/c1-2-13-20-19(24)22-16-10-8-15(9-11-16)21-18(23)12-14-25-17-6-4-3-5-7-17/h2-11H,1,12-14H2,(H,21,23)(H2,20,22,24). The van der Waals surface area contributed by atoms with E-state index in [0.717, 1.165) is 5.75 Å². The molecule has 0 aliphatic carbocycles. The first-order valence-corrected chi connectivity index (χ1v) is 7.91. The fraction of sp³-hybridized carbons (Fsp3) is 0.158. The number of benzene rings is 2. The van der Waals surface area contributed by atoms with Crippen molar-refractivity contribution >= 4 is 23.3 Å². The summed E-state index contributed by atoms with van der Waals surface area (Å²) in [7, 11) is 0. The Morgan fingerprint density at radius 3 is 2.24 bits per heavy atom. The summed E-state index contributed by atoms with van der Waals surface area (Å²) in [5, 5.41) is 8.07. The van der Waals surface area contributed by atoms with Crippen molar-refractivity contribution in [2.45, 2.75) is 6.42 Å². The number of amides is 3. The van der Waals surface area contributed by atoms with Crippen LogP contribution in [0.15, 0.2) is 67.3 Å². The largest absolute Gasteiger partial charge is 0.493 e. The molecule has 0 bridgehead atoms. The van der Waals surface area contributed by atoms with E-state index in [9.17, 15) is 9.59 Å². The van der Waals surface area contributed by atoms with E-state index in [2.05, 4.69) is 22.5 Å². The lowest BCUT2D eigenvalue weighted by Gasteiger charge is -2.09. The van der Waals surface area contributed by atoms with Crippen molar-refractivity contribution in [1.29, 1.82) is 0 Å². The van der Waals surface area contributed by atoms with Crippen LogP contribution in [0.2, 0.25) is 0 Å². The van der Waals surface area contributed by atoms with Gasteiger partial charge in [0.1, 0.15) is 5.75 Å². The van der Waals surface area contributed by atoms with Crippen LogP contribution in [0.4, 0.5) is 16.2 Å². The van der Waals surface area contributed by atoms with Crippen molar-refractivity contribution < 1.29 is 14.3 Å². The zero-order valence-corrected chi connectivity index (χ0v) is 13.8. The molecular weight excluding hydrogens is 318 g/mol. The molecule has 25 heavy (non-hydrogen) atoms. The highest BCUT2D eigenvalue weighted by molar-refractivity contribution is 5.92. The van der Waals surface area contributed by atoms with Crippen molar-refractivity contribution in [2.75, 3.05) is 23.8 Å². The van der Waals surface area contributed by atoms with Crippen LogP contribution in [0.3, 0.4) is 0 Å². The highest BCUT2D eigenvalue weighted by Crippen LogP contribution is 2.14. The van der Waals surface area contributed by atoms with Gasteiger partial charge in [-0.3, -0.25) is 4.79 Å². The number of anilines is 2. The van der Waals surface area contributed by atoms with Crippen LogP contribution in [-0.2, 0) is 4.79 Å². The van der Waals surface area contributed by atoms with Gasteiger partial charge in [-0.1, -0.05) is 24.3 Å². The predicted octanol–water partition coefficient (Wildman–Crippen LogP) is 3.40. The zero-order valence-electron chi connectivity index (χ0n) is 13.8. The van der Waals surface area contributed by atoms with Crippen LogP contribution in [0.25, 0.3) is 0 Å². The number of para-hydroxylation sites is 1. The molecule has 0 heterocycles. The summed E-state index contributed by atoms with van der Waals surface area (Å²) in [6, 6.07) is 15.9. The lowest BCUT2D eigenvalue weighted by molar-refractivity contribution is -0.116. The molecule has 130 valence electrons. The minimum atomic E-state index is -0.310. The van der Waals surface area contributed by atoms with E-state index >= 15 is 0 Å². The fourth-order valence-corrected chi connectivity index (χ4v) is 1.98. The molecule has 2 aromatic rings. The molecule has 3 N–H and O–H groups in total. The summed E-state index contributed by atoms with van der Waals surface area (Å²) < 4.78 is 5.49. The minimum Gasteiger partial charge on any atom is -0.493 e. The van der Waals surface area contributed by atoms with Crippen LogP contribution in [0.1, 0.15) is 6.42 Å². The number of hydrogen-bond donors (Lipinski definition) is 3. The molecule has 0 unspecified atom stereocenters. The number of urea groups is 1. The Bertz CT molecular complexity index is 700. The zero-order chi connectivity index (χ0) is 17.9. The van der Waals surface area contributed by atoms with Crippen molar-refractivity contribution in [3.63, 3.8) is 0 Å². The first-order chi connectivity index (χ1) is 12.2. The maximum absolute atomic E-state index is 11.9. The van der Waals surface area contributed by atoms with Crippen molar-refractivity contribution in [3.05, 3.63) is 67.3 Å². The number of carbonyl (C=O) groups excluding carboxylic acids is 2. The SMILES string of the molecule is C=CCNC(=O)Nc1ccc(NC(=O)CCOc2ccccc2)cc1. The molecule has 0 fully saturated rings. The van der Waals surface area contributed by atoms with Crippen molar-refractivity contribution in [3.8, 4) is 5.75 Å². The number of rotatable bonds is 8. The van der Waals surface area contributed by atoms with Gasteiger partial charge in [-0.05, 0) is 36.4 Å². The van der Waals surface area contributed by atoms with Gasteiger partial charge in [-0.2, -0.15) is 0 Å². The molecule has 0 aliphatic rings. The van der Waals surface area contributed by atoms with Gasteiger partial charge in [0, 0.05) is 17.9 Å². The maximum atomic E-state index is 11.9.